The molecule has 3 rings (SSSR count). The van der Waals surface area contributed by atoms with Gasteiger partial charge in [0.25, 0.3) is 0 Å². The zero-order valence-corrected chi connectivity index (χ0v) is 15.6. The van der Waals surface area contributed by atoms with Crippen molar-refractivity contribution >= 4 is 11.2 Å². The molecule has 0 N–H and O–H groups in total. The second kappa shape index (κ2) is 8.12. The zero-order valence-electron chi connectivity index (χ0n) is 14.7. The van der Waals surface area contributed by atoms with E-state index in [1.807, 2.05) is 0 Å². The summed E-state index contributed by atoms with van der Waals surface area (Å²) >= 11 is -1.95. The first-order valence-corrected chi connectivity index (χ1v) is 9.54. The minimum Gasteiger partial charge on any atom is -0.167 e. The van der Waals surface area contributed by atoms with Crippen molar-refractivity contribution in [2.75, 3.05) is 0 Å². The molecule has 0 fully saturated rings. The van der Waals surface area contributed by atoms with Crippen LogP contribution in [0.15, 0.2) is 101 Å². The van der Waals surface area contributed by atoms with Crippen LogP contribution in [0.25, 0.3) is 0 Å². The van der Waals surface area contributed by atoms with E-state index >= 15 is 0 Å². The number of hydrogen-bond donors (Lipinski definition) is 0. The van der Waals surface area contributed by atoms with Crippen molar-refractivity contribution in [2.45, 2.75) is 27.7 Å². The molecular weight excluding hydrogens is 414 g/mol. The summed E-state index contributed by atoms with van der Waals surface area (Å²) in [4.78, 5) is 0.403. The fraction of sp³-hybridized carbons (Fsp3) is 0.143. The van der Waals surface area contributed by atoms with Crippen LogP contribution in [0.3, 0.4) is 0 Å². The van der Waals surface area contributed by atoms with E-state index in [2.05, 4.69) is 0 Å². The van der Waals surface area contributed by atoms with Crippen LogP contribution in [0.5, 0.6) is 0 Å². The van der Waals surface area contributed by atoms with Crippen molar-refractivity contribution < 1.29 is 30.5 Å². The Bertz CT molecular complexity index is 857. The summed E-state index contributed by atoms with van der Waals surface area (Å²) in [6.07, 6.45) is -11.5. The molecule has 1 nitrogen and oxygen atoms in total. The van der Waals surface area contributed by atoms with Gasteiger partial charge in [-0.15, -0.1) is 4.18 Å². The molecule has 0 aromatic heterocycles. The molecule has 8 heteroatoms. The molecule has 0 aliphatic rings. The maximum absolute atomic E-state index is 14.1. The van der Waals surface area contributed by atoms with Gasteiger partial charge in [0.1, 0.15) is 0 Å². The molecular formula is C21H15F6OS+. The first-order chi connectivity index (χ1) is 13.7. The Balaban J connectivity index is 2.24. The summed E-state index contributed by atoms with van der Waals surface area (Å²) in [5, 5.41) is 0. The Labute approximate surface area is 166 Å². The van der Waals surface area contributed by atoms with Gasteiger partial charge in [-0.1, -0.05) is 66.7 Å². The van der Waals surface area contributed by atoms with Gasteiger partial charge in [-0.2, -0.15) is 26.3 Å². The van der Waals surface area contributed by atoms with Crippen LogP contribution in [0.2, 0.25) is 0 Å². The maximum atomic E-state index is 14.1. The van der Waals surface area contributed by atoms with Crippen molar-refractivity contribution in [3.8, 4) is 0 Å². The van der Waals surface area contributed by atoms with Crippen molar-refractivity contribution in [2.24, 2.45) is 0 Å². The third-order valence-electron chi connectivity index (χ3n) is 4.10. The summed E-state index contributed by atoms with van der Waals surface area (Å²) in [6.45, 7) is 0. The molecule has 29 heavy (non-hydrogen) atoms. The summed E-state index contributed by atoms with van der Waals surface area (Å²) in [6, 6.07) is 20.3. The lowest BCUT2D eigenvalue weighted by Gasteiger charge is -2.34. The van der Waals surface area contributed by atoms with E-state index in [0.29, 0.717) is 0 Å². The lowest BCUT2D eigenvalue weighted by molar-refractivity contribution is -0.363. The first kappa shape index (κ1) is 21.3. The molecule has 0 amide bonds. The predicted octanol–water partition coefficient (Wildman–Crippen LogP) is 6.67. The summed E-state index contributed by atoms with van der Waals surface area (Å²) in [7, 11) is 0. The average molecular weight is 429 g/mol. The van der Waals surface area contributed by atoms with Crippen LogP contribution in [0, 0.1) is 0 Å². The highest BCUT2D eigenvalue weighted by Crippen LogP contribution is 2.55. The Morgan fingerprint density at radius 3 is 1.21 bits per heavy atom. The summed E-state index contributed by atoms with van der Waals surface area (Å²) < 4.78 is 89.8. The van der Waals surface area contributed by atoms with E-state index in [0.717, 1.165) is 24.3 Å². The van der Waals surface area contributed by atoms with Crippen LogP contribution in [-0.4, -0.2) is 12.4 Å². The normalized spacial score (nSPS) is 12.9. The predicted molar refractivity (Wildman–Crippen MR) is 98.1 cm³/mol. The molecule has 3 aromatic carbocycles. The smallest absolute Gasteiger partial charge is 0.167 e. The van der Waals surface area contributed by atoms with Gasteiger partial charge in [0, 0.05) is 5.56 Å². The van der Waals surface area contributed by atoms with Crippen molar-refractivity contribution in [1.29, 1.82) is 0 Å². The highest BCUT2D eigenvalue weighted by molar-refractivity contribution is 7.92. The molecule has 3 aromatic rings. The molecule has 0 radical (unpaired) electrons. The SMILES string of the molecule is FC(F)(F)C(O[S+](c1ccccc1)c1ccccc1)(c1ccccc1)C(F)(F)F. The number of halogens is 6. The van der Waals surface area contributed by atoms with Crippen LogP contribution >= 0.6 is 0 Å². The highest BCUT2D eigenvalue weighted by Gasteiger charge is 2.77. The molecule has 0 unspecified atom stereocenters. The second-order valence-electron chi connectivity index (χ2n) is 6.02. The molecule has 0 heterocycles. The maximum Gasteiger partial charge on any atom is 0.436 e. The molecule has 152 valence electrons. The molecule has 0 saturated carbocycles. The zero-order chi connectivity index (χ0) is 21.1. The Morgan fingerprint density at radius 1 is 0.517 bits per heavy atom. The fourth-order valence-corrected chi connectivity index (χ4v) is 4.56. The van der Waals surface area contributed by atoms with Gasteiger partial charge in [-0.3, -0.25) is 0 Å². The fourth-order valence-electron chi connectivity index (χ4n) is 2.75. The van der Waals surface area contributed by atoms with Crippen LogP contribution in [-0.2, 0) is 21.0 Å². The van der Waals surface area contributed by atoms with E-state index in [9.17, 15) is 26.3 Å². The minimum absolute atomic E-state index is 0.201. The van der Waals surface area contributed by atoms with Crippen molar-refractivity contribution in [3.63, 3.8) is 0 Å². The molecule has 0 atom stereocenters. The van der Waals surface area contributed by atoms with E-state index in [1.54, 1.807) is 12.1 Å². The lowest BCUT2D eigenvalue weighted by Crippen LogP contribution is -2.56. The highest BCUT2D eigenvalue weighted by atomic mass is 32.2. The third kappa shape index (κ3) is 4.13. The van der Waals surface area contributed by atoms with Gasteiger partial charge in [0.15, 0.2) is 9.79 Å². The van der Waals surface area contributed by atoms with Crippen molar-refractivity contribution in [3.05, 3.63) is 96.6 Å². The molecule has 0 aliphatic carbocycles. The quantitative estimate of drug-likeness (QED) is 0.325. The van der Waals surface area contributed by atoms with Crippen LogP contribution in [0.4, 0.5) is 26.3 Å². The Morgan fingerprint density at radius 2 is 0.862 bits per heavy atom. The number of hydrogen-bond acceptors (Lipinski definition) is 1. The number of alkyl halides is 6. The molecule has 0 saturated heterocycles. The summed E-state index contributed by atoms with van der Waals surface area (Å²) in [5.41, 5.74) is -5.51. The average Bonchev–Trinajstić information content (AvgIpc) is 2.69. The standard InChI is InChI=1S/C21H15F6OS/c22-20(23,24)19(21(25,26)27,16-10-4-1-5-11-16)28-29(17-12-6-2-7-13-17)18-14-8-3-9-15-18/h1-15H/q+1. The van der Waals surface area contributed by atoms with E-state index in [-0.39, 0.29) is 9.79 Å². The third-order valence-corrected chi connectivity index (χ3v) is 5.92. The van der Waals surface area contributed by atoms with Gasteiger partial charge in [0.2, 0.25) is 11.2 Å². The Kier molecular flexibility index (Phi) is 5.95. The second-order valence-corrected chi connectivity index (χ2v) is 7.67. The minimum atomic E-state index is -5.75. The van der Waals surface area contributed by atoms with Gasteiger partial charge in [-0.05, 0) is 24.3 Å². The van der Waals surface area contributed by atoms with E-state index < -0.39 is 34.7 Å². The molecule has 0 bridgehead atoms. The topological polar surface area (TPSA) is 9.23 Å². The van der Waals surface area contributed by atoms with Gasteiger partial charge in [-0.25, -0.2) is 0 Å². The number of rotatable bonds is 5. The van der Waals surface area contributed by atoms with Crippen molar-refractivity contribution in [1.82, 2.24) is 0 Å². The van der Waals surface area contributed by atoms with Gasteiger partial charge in [0.05, 0.1) is 0 Å². The van der Waals surface area contributed by atoms with E-state index in [4.69, 9.17) is 4.18 Å². The number of benzene rings is 3. The molecule has 0 aliphatic heterocycles. The monoisotopic (exact) mass is 429 g/mol. The Hall–Kier alpha value is -2.45. The van der Waals surface area contributed by atoms with Gasteiger partial charge >= 0.3 is 18.0 Å². The molecule has 0 spiro atoms. The van der Waals surface area contributed by atoms with Crippen LogP contribution in [0.1, 0.15) is 5.56 Å². The lowest BCUT2D eigenvalue weighted by atomic mass is 9.92. The van der Waals surface area contributed by atoms with Gasteiger partial charge < -0.3 is 0 Å². The first-order valence-electron chi connectivity index (χ1n) is 8.39. The van der Waals surface area contributed by atoms with Crippen LogP contribution < -0.4 is 0 Å². The summed E-state index contributed by atoms with van der Waals surface area (Å²) in [5.74, 6) is 0. The van der Waals surface area contributed by atoms with E-state index in [1.165, 1.54) is 54.6 Å². The largest absolute Gasteiger partial charge is 0.436 e.